The predicted molar refractivity (Wildman–Crippen MR) is 57.9 cm³/mol. The molecule has 0 unspecified atom stereocenters. The van der Waals surface area contributed by atoms with Gasteiger partial charge in [-0.05, 0) is 18.4 Å². The van der Waals surface area contributed by atoms with Gasteiger partial charge in [0.15, 0.2) is 0 Å². The minimum absolute atomic E-state index is 0. The van der Waals surface area contributed by atoms with Crippen LogP contribution in [-0.4, -0.2) is 0 Å². The van der Waals surface area contributed by atoms with Crippen LogP contribution in [-0.2, 0) is 0 Å². The SMILES string of the molecule is Cl.N[C@@H](CC1CC1)c1ccc(F)cc1F. The third kappa shape index (κ3) is 3.14. The summed E-state index contributed by atoms with van der Waals surface area (Å²) in [6.45, 7) is 0. The minimum atomic E-state index is -0.551. The second-order valence-electron chi connectivity index (χ2n) is 3.95. The summed E-state index contributed by atoms with van der Waals surface area (Å²) in [5, 5.41) is 0. The van der Waals surface area contributed by atoms with Crippen LogP contribution in [0.5, 0.6) is 0 Å². The average Bonchev–Trinajstić information content (AvgIpc) is 2.87. The number of hydrogen-bond acceptors (Lipinski definition) is 1. The third-order valence-electron chi connectivity index (χ3n) is 2.65. The van der Waals surface area contributed by atoms with E-state index in [1.807, 2.05) is 0 Å². The van der Waals surface area contributed by atoms with Gasteiger partial charge < -0.3 is 5.73 Å². The smallest absolute Gasteiger partial charge is 0.130 e. The highest BCUT2D eigenvalue weighted by atomic mass is 35.5. The maximum absolute atomic E-state index is 13.3. The summed E-state index contributed by atoms with van der Waals surface area (Å²) in [6, 6.07) is 3.30. The van der Waals surface area contributed by atoms with Crippen LogP contribution < -0.4 is 5.73 Å². The molecule has 15 heavy (non-hydrogen) atoms. The molecule has 1 saturated carbocycles. The number of benzene rings is 1. The van der Waals surface area contributed by atoms with Crippen LogP contribution in [0, 0.1) is 17.6 Å². The Morgan fingerprint density at radius 1 is 1.33 bits per heavy atom. The molecular weight excluding hydrogens is 220 g/mol. The first-order valence-electron chi connectivity index (χ1n) is 4.87. The van der Waals surface area contributed by atoms with E-state index in [-0.39, 0.29) is 18.4 Å². The molecule has 1 aromatic rings. The van der Waals surface area contributed by atoms with Crippen molar-refractivity contribution >= 4 is 12.4 Å². The first kappa shape index (κ1) is 12.4. The summed E-state index contributed by atoms with van der Waals surface area (Å²) < 4.78 is 25.9. The van der Waals surface area contributed by atoms with Crippen LogP contribution in [0.25, 0.3) is 0 Å². The highest BCUT2D eigenvalue weighted by molar-refractivity contribution is 5.85. The van der Waals surface area contributed by atoms with Crippen LogP contribution in [0.3, 0.4) is 0 Å². The van der Waals surface area contributed by atoms with Crippen molar-refractivity contribution in [3.05, 3.63) is 35.4 Å². The molecule has 0 aliphatic heterocycles. The Bertz CT molecular complexity index is 339. The Morgan fingerprint density at radius 2 is 2.00 bits per heavy atom. The fourth-order valence-electron chi connectivity index (χ4n) is 1.64. The molecule has 2 rings (SSSR count). The fourth-order valence-corrected chi connectivity index (χ4v) is 1.64. The zero-order valence-electron chi connectivity index (χ0n) is 8.25. The molecule has 0 heterocycles. The molecule has 1 nitrogen and oxygen atoms in total. The molecule has 1 aliphatic carbocycles. The standard InChI is InChI=1S/C11H13F2N.ClH/c12-8-3-4-9(10(13)6-8)11(14)5-7-1-2-7;/h3-4,6-7,11H,1-2,5,14H2;1H/t11-;/m0./s1. The summed E-state index contributed by atoms with van der Waals surface area (Å²) in [6.07, 6.45) is 3.19. The first-order valence-corrected chi connectivity index (χ1v) is 4.87. The third-order valence-corrected chi connectivity index (χ3v) is 2.65. The maximum Gasteiger partial charge on any atom is 0.130 e. The molecule has 1 atom stereocenters. The van der Waals surface area contributed by atoms with E-state index in [4.69, 9.17) is 5.73 Å². The van der Waals surface area contributed by atoms with E-state index >= 15 is 0 Å². The lowest BCUT2D eigenvalue weighted by molar-refractivity contribution is 0.529. The number of hydrogen-bond donors (Lipinski definition) is 1. The summed E-state index contributed by atoms with van der Waals surface area (Å²) in [7, 11) is 0. The highest BCUT2D eigenvalue weighted by Gasteiger charge is 2.25. The molecule has 1 aromatic carbocycles. The zero-order chi connectivity index (χ0) is 10.1. The molecule has 1 fully saturated rings. The first-order chi connectivity index (χ1) is 6.66. The summed E-state index contributed by atoms with van der Waals surface area (Å²) in [5.41, 5.74) is 6.25. The summed E-state index contributed by atoms with van der Waals surface area (Å²) in [4.78, 5) is 0. The van der Waals surface area contributed by atoms with E-state index < -0.39 is 11.6 Å². The highest BCUT2D eigenvalue weighted by Crippen LogP contribution is 2.37. The van der Waals surface area contributed by atoms with Gasteiger partial charge in [0, 0.05) is 17.7 Å². The van der Waals surface area contributed by atoms with Crippen molar-refractivity contribution in [3.8, 4) is 0 Å². The Kier molecular flexibility index (Phi) is 4.05. The van der Waals surface area contributed by atoms with Crippen LogP contribution >= 0.6 is 12.4 Å². The lowest BCUT2D eigenvalue weighted by atomic mass is 10.0. The van der Waals surface area contributed by atoms with Gasteiger partial charge in [-0.1, -0.05) is 18.9 Å². The topological polar surface area (TPSA) is 26.0 Å². The zero-order valence-corrected chi connectivity index (χ0v) is 9.07. The van der Waals surface area contributed by atoms with Gasteiger partial charge in [0.2, 0.25) is 0 Å². The van der Waals surface area contributed by atoms with Crippen molar-refractivity contribution in [3.63, 3.8) is 0 Å². The molecule has 1 aliphatic rings. The Hall–Kier alpha value is -0.670. The lowest BCUT2D eigenvalue weighted by Crippen LogP contribution is -2.12. The lowest BCUT2D eigenvalue weighted by Gasteiger charge is -2.11. The van der Waals surface area contributed by atoms with E-state index in [9.17, 15) is 8.78 Å². The van der Waals surface area contributed by atoms with Gasteiger partial charge in [-0.3, -0.25) is 0 Å². The molecule has 0 bridgehead atoms. The van der Waals surface area contributed by atoms with Gasteiger partial charge in [0.05, 0.1) is 0 Å². The van der Waals surface area contributed by atoms with E-state index in [0.29, 0.717) is 11.5 Å². The van der Waals surface area contributed by atoms with Gasteiger partial charge in [0.25, 0.3) is 0 Å². The summed E-state index contributed by atoms with van der Waals surface area (Å²) in [5.74, 6) is -0.433. The van der Waals surface area contributed by atoms with Crippen molar-refractivity contribution < 1.29 is 8.78 Å². The van der Waals surface area contributed by atoms with Crippen LogP contribution in [0.1, 0.15) is 30.9 Å². The van der Waals surface area contributed by atoms with Crippen molar-refractivity contribution in [2.45, 2.75) is 25.3 Å². The second kappa shape index (κ2) is 4.90. The van der Waals surface area contributed by atoms with E-state index in [1.165, 1.54) is 25.0 Å². The molecular formula is C11H14ClF2N. The van der Waals surface area contributed by atoms with E-state index in [1.54, 1.807) is 0 Å². The molecule has 2 N–H and O–H groups in total. The van der Waals surface area contributed by atoms with Crippen molar-refractivity contribution in [2.75, 3.05) is 0 Å². The number of nitrogens with two attached hydrogens (primary N) is 1. The quantitative estimate of drug-likeness (QED) is 0.853. The van der Waals surface area contributed by atoms with Crippen molar-refractivity contribution in [1.82, 2.24) is 0 Å². The Morgan fingerprint density at radius 3 is 2.53 bits per heavy atom. The molecule has 0 amide bonds. The van der Waals surface area contributed by atoms with Gasteiger partial charge in [-0.25, -0.2) is 8.78 Å². The Labute approximate surface area is 94.1 Å². The van der Waals surface area contributed by atoms with E-state index in [0.717, 1.165) is 12.5 Å². The minimum Gasteiger partial charge on any atom is -0.324 e. The normalized spacial score (nSPS) is 17.0. The molecule has 0 radical (unpaired) electrons. The summed E-state index contributed by atoms with van der Waals surface area (Å²) >= 11 is 0. The van der Waals surface area contributed by atoms with Crippen LogP contribution in [0.15, 0.2) is 18.2 Å². The van der Waals surface area contributed by atoms with Gasteiger partial charge in [-0.15, -0.1) is 12.4 Å². The van der Waals surface area contributed by atoms with Gasteiger partial charge in [-0.2, -0.15) is 0 Å². The van der Waals surface area contributed by atoms with Crippen molar-refractivity contribution in [1.29, 1.82) is 0 Å². The molecule has 4 heteroatoms. The largest absolute Gasteiger partial charge is 0.324 e. The number of halogens is 3. The second-order valence-corrected chi connectivity index (χ2v) is 3.95. The predicted octanol–water partition coefficient (Wildman–Crippen LogP) is 3.19. The molecule has 0 aromatic heterocycles. The van der Waals surface area contributed by atoms with Crippen LogP contribution in [0.4, 0.5) is 8.78 Å². The molecule has 0 saturated heterocycles. The van der Waals surface area contributed by atoms with Gasteiger partial charge in [0.1, 0.15) is 11.6 Å². The number of rotatable bonds is 3. The van der Waals surface area contributed by atoms with Crippen molar-refractivity contribution in [2.24, 2.45) is 11.7 Å². The van der Waals surface area contributed by atoms with Crippen LogP contribution in [0.2, 0.25) is 0 Å². The van der Waals surface area contributed by atoms with Gasteiger partial charge >= 0.3 is 0 Å². The fraction of sp³-hybridized carbons (Fsp3) is 0.455. The maximum atomic E-state index is 13.3. The monoisotopic (exact) mass is 233 g/mol. The Balaban J connectivity index is 0.00000112. The molecule has 84 valence electrons. The average molecular weight is 234 g/mol. The van der Waals surface area contributed by atoms with E-state index in [2.05, 4.69) is 0 Å². The molecule has 0 spiro atoms.